The zero-order valence-corrected chi connectivity index (χ0v) is 10.4. The predicted octanol–water partition coefficient (Wildman–Crippen LogP) is 2.19. The number of hydrogen-bond donors (Lipinski definition) is 0. The van der Waals surface area contributed by atoms with Gasteiger partial charge in [0.2, 0.25) is 0 Å². The average molecular weight is 278 g/mol. The molecule has 96 valence electrons. The van der Waals surface area contributed by atoms with Crippen LogP contribution in [0.5, 0.6) is 0 Å². The van der Waals surface area contributed by atoms with Crippen LogP contribution >= 0.6 is 11.6 Å². The molecule has 0 amide bonds. The molecule has 0 aromatic carbocycles. The van der Waals surface area contributed by atoms with Gasteiger partial charge in [0.15, 0.2) is 5.76 Å². The molecular formula is C12H8ClN3O3. The summed E-state index contributed by atoms with van der Waals surface area (Å²) in [6.45, 7) is 0.209. The number of halogens is 1. The summed E-state index contributed by atoms with van der Waals surface area (Å²) >= 11 is 5.74. The van der Waals surface area contributed by atoms with E-state index in [1.165, 1.54) is 17.1 Å². The van der Waals surface area contributed by atoms with Gasteiger partial charge in [0.1, 0.15) is 0 Å². The molecule has 0 spiro atoms. The van der Waals surface area contributed by atoms with E-state index < -0.39 is 5.76 Å². The molecule has 0 bridgehead atoms. The van der Waals surface area contributed by atoms with Gasteiger partial charge in [-0.25, -0.2) is 4.79 Å². The average Bonchev–Trinajstić information content (AvgIpc) is 3.03. The summed E-state index contributed by atoms with van der Waals surface area (Å²) in [5.74, 6) is -0.0213. The van der Waals surface area contributed by atoms with E-state index in [9.17, 15) is 4.79 Å². The lowest BCUT2D eigenvalue weighted by molar-refractivity contribution is 0.475. The predicted molar refractivity (Wildman–Crippen MR) is 66.8 cm³/mol. The number of nitrogens with zero attached hydrogens (tertiary/aromatic N) is 3. The van der Waals surface area contributed by atoms with Crippen molar-refractivity contribution in [2.45, 2.75) is 6.54 Å². The largest absolute Gasteiger partial charge is 0.459 e. The molecule has 0 atom stereocenters. The van der Waals surface area contributed by atoms with Crippen LogP contribution in [0.2, 0.25) is 5.02 Å². The molecule has 3 aromatic rings. The first kappa shape index (κ1) is 11.7. The minimum Gasteiger partial charge on any atom is -0.459 e. The Morgan fingerprint density at radius 2 is 2.21 bits per heavy atom. The second-order valence-corrected chi connectivity index (χ2v) is 4.21. The number of hydrogen-bond acceptors (Lipinski definition) is 5. The van der Waals surface area contributed by atoms with Gasteiger partial charge in [-0.1, -0.05) is 11.6 Å². The van der Waals surface area contributed by atoms with Gasteiger partial charge in [-0.2, -0.15) is 4.68 Å². The molecule has 7 heteroatoms. The summed E-state index contributed by atoms with van der Waals surface area (Å²) in [5.41, 5.74) is 0.658. The van der Waals surface area contributed by atoms with Crippen LogP contribution in [0, 0.1) is 0 Å². The summed E-state index contributed by atoms with van der Waals surface area (Å²) in [7, 11) is 0. The minimum atomic E-state index is -0.567. The van der Waals surface area contributed by atoms with E-state index in [0.717, 1.165) is 0 Å². The van der Waals surface area contributed by atoms with Crippen molar-refractivity contribution in [3.05, 3.63) is 58.0 Å². The SMILES string of the molecule is O=c1oc(-c2ccco2)nn1Cc1ccc(Cl)cn1. The molecule has 0 saturated carbocycles. The Morgan fingerprint density at radius 1 is 1.32 bits per heavy atom. The summed E-state index contributed by atoms with van der Waals surface area (Å²) < 4.78 is 11.3. The maximum absolute atomic E-state index is 11.6. The Hall–Kier alpha value is -2.34. The van der Waals surface area contributed by atoms with Crippen LogP contribution in [-0.4, -0.2) is 14.8 Å². The normalized spacial score (nSPS) is 10.8. The number of furan rings is 1. The Balaban J connectivity index is 1.90. The van der Waals surface area contributed by atoms with Crippen LogP contribution < -0.4 is 5.76 Å². The molecule has 0 unspecified atom stereocenters. The summed E-state index contributed by atoms with van der Waals surface area (Å²) in [6, 6.07) is 6.77. The van der Waals surface area contributed by atoms with Crippen molar-refractivity contribution >= 4 is 11.6 Å². The number of rotatable bonds is 3. The van der Waals surface area contributed by atoms with E-state index in [1.807, 2.05) is 0 Å². The third-order valence-corrected chi connectivity index (χ3v) is 2.66. The Morgan fingerprint density at radius 3 is 2.89 bits per heavy atom. The molecule has 19 heavy (non-hydrogen) atoms. The van der Waals surface area contributed by atoms with Crippen molar-refractivity contribution in [3.63, 3.8) is 0 Å². The van der Waals surface area contributed by atoms with Crippen LogP contribution in [-0.2, 0) is 6.54 Å². The Bertz CT molecular complexity index is 728. The van der Waals surface area contributed by atoms with Crippen molar-refractivity contribution < 1.29 is 8.83 Å². The first-order valence-corrected chi connectivity index (χ1v) is 5.82. The van der Waals surface area contributed by atoms with Gasteiger partial charge in [-0.15, -0.1) is 5.10 Å². The fraction of sp³-hybridized carbons (Fsp3) is 0.0833. The lowest BCUT2D eigenvalue weighted by atomic mass is 10.3. The standard InChI is InChI=1S/C12H8ClN3O3/c13-8-3-4-9(14-6-8)7-16-12(17)19-11(15-16)10-2-1-5-18-10/h1-6H,7H2. The van der Waals surface area contributed by atoms with E-state index >= 15 is 0 Å². The van der Waals surface area contributed by atoms with Crippen molar-refractivity contribution in [2.75, 3.05) is 0 Å². The van der Waals surface area contributed by atoms with Gasteiger partial charge in [0.05, 0.1) is 23.5 Å². The first-order chi connectivity index (χ1) is 9.22. The summed E-state index contributed by atoms with van der Waals surface area (Å²) in [6.07, 6.45) is 2.99. The van der Waals surface area contributed by atoms with Crippen molar-refractivity contribution in [1.82, 2.24) is 14.8 Å². The Labute approximate surface area is 112 Å². The molecule has 0 radical (unpaired) electrons. The molecule has 3 aromatic heterocycles. The third-order valence-electron chi connectivity index (χ3n) is 2.44. The number of aromatic nitrogens is 3. The molecule has 3 heterocycles. The molecule has 0 saturated heterocycles. The lowest BCUT2D eigenvalue weighted by Crippen LogP contribution is -2.17. The molecule has 0 aliphatic carbocycles. The highest BCUT2D eigenvalue weighted by atomic mass is 35.5. The summed E-state index contributed by atoms with van der Waals surface area (Å²) in [5, 5.41) is 4.58. The van der Waals surface area contributed by atoms with Gasteiger partial charge in [0.25, 0.3) is 5.89 Å². The molecule has 0 fully saturated rings. The first-order valence-electron chi connectivity index (χ1n) is 5.44. The maximum atomic E-state index is 11.6. The highest BCUT2D eigenvalue weighted by Crippen LogP contribution is 2.15. The van der Waals surface area contributed by atoms with Gasteiger partial charge in [-0.3, -0.25) is 4.98 Å². The molecular weight excluding hydrogens is 270 g/mol. The zero-order valence-electron chi connectivity index (χ0n) is 9.62. The topological polar surface area (TPSA) is 74.1 Å². The molecule has 0 N–H and O–H groups in total. The molecule has 6 nitrogen and oxygen atoms in total. The third kappa shape index (κ3) is 2.43. The van der Waals surface area contributed by atoms with Gasteiger partial charge in [-0.05, 0) is 24.3 Å². The smallest absolute Gasteiger partial charge is 0.437 e. The van der Waals surface area contributed by atoms with Gasteiger partial charge in [0, 0.05) is 6.20 Å². The number of pyridine rings is 1. The molecule has 3 rings (SSSR count). The quantitative estimate of drug-likeness (QED) is 0.734. The highest BCUT2D eigenvalue weighted by Gasteiger charge is 2.12. The minimum absolute atomic E-state index is 0.143. The monoisotopic (exact) mass is 277 g/mol. The van der Waals surface area contributed by atoms with Crippen molar-refractivity contribution in [3.8, 4) is 11.7 Å². The fourth-order valence-electron chi connectivity index (χ4n) is 1.56. The molecule has 0 aliphatic rings. The Kier molecular flexibility index (Phi) is 2.92. The van der Waals surface area contributed by atoms with E-state index in [1.54, 1.807) is 24.3 Å². The summed E-state index contributed by atoms with van der Waals surface area (Å²) in [4.78, 5) is 15.7. The lowest BCUT2D eigenvalue weighted by Gasteiger charge is -1.98. The van der Waals surface area contributed by atoms with Crippen molar-refractivity contribution in [1.29, 1.82) is 0 Å². The van der Waals surface area contributed by atoms with Crippen LogP contribution in [0.25, 0.3) is 11.7 Å². The highest BCUT2D eigenvalue weighted by molar-refractivity contribution is 6.30. The van der Waals surface area contributed by atoms with E-state index in [-0.39, 0.29) is 12.4 Å². The van der Waals surface area contributed by atoms with E-state index in [4.69, 9.17) is 20.4 Å². The van der Waals surface area contributed by atoms with Gasteiger partial charge < -0.3 is 8.83 Å². The maximum Gasteiger partial charge on any atom is 0.437 e. The second kappa shape index (κ2) is 4.74. The zero-order chi connectivity index (χ0) is 13.2. The van der Waals surface area contributed by atoms with Crippen LogP contribution in [0.3, 0.4) is 0 Å². The fourth-order valence-corrected chi connectivity index (χ4v) is 1.67. The second-order valence-electron chi connectivity index (χ2n) is 3.78. The van der Waals surface area contributed by atoms with Crippen LogP contribution in [0.1, 0.15) is 5.69 Å². The van der Waals surface area contributed by atoms with Crippen LogP contribution in [0.15, 0.2) is 50.4 Å². The van der Waals surface area contributed by atoms with Gasteiger partial charge >= 0.3 is 5.76 Å². The van der Waals surface area contributed by atoms with Crippen LogP contribution in [0.4, 0.5) is 0 Å². The van der Waals surface area contributed by atoms with Crippen molar-refractivity contribution in [2.24, 2.45) is 0 Å². The molecule has 0 aliphatic heterocycles. The van der Waals surface area contributed by atoms with E-state index in [2.05, 4.69) is 10.1 Å². The van der Waals surface area contributed by atoms with E-state index in [0.29, 0.717) is 16.5 Å².